The van der Waals surface area contributed by atoms with Crippen LogP contribution >= 0.6 is 11.6 Å². The molecule has 5 rings (SSSR count). The number of hydrogen-bond acceptors (Lipinski definition) is 8. The highest BCUT2D eigenvalue weighted by molar-refractivity contribution is 6.31. The van der Waals surface area contributed by atoms with Crippen LogP contribution in [0.4, 0.5) is 5.82 Å². The molecular weight excluding hydrogens is 528 g/mol. The van der Waals surface area contributed by atoms with Gasteiger partial charge in [-0.25, -0.2) is 0 Å². The van der Waals surface area contributed by atoms with E-state index in [1.807, 2.05) is 12.1 Å². The lowest BCUT2D eigenvalue weighted by Crippen LogP contribution is -2.43. The number of nitrogens with one attached hydrogen (secondary N) is 1. The lowest BCUT2D eigenvalue weighted by molar-refractivity contribution is 0.0761. The summed E-state index contributed by atoms with van der Waals surface area (Å²) in [6, 6.07) is 10.8. The van der Waals surface area contributed by atoms with Crippen molar-refractivity contribution in [3.05, 3.63) is 58.8 Å². The lowest BCUT2D eigenvalue weighted by atomic mass is 9.91. The number of nitrogens with zero attached hydrogens (tertiary/aromatic N) is 5. The second kappa shape index (κ2) is 13.0. The number of anilines is 1. The Hall–Kier alpha value is -3.19. The van der Waals surface area contributed by atoms with E-state index in [4.69, 9.17) is 21.6 Å². The summed E-state index contributed by atoms with van der Waals surface area (Å²) in [5, 5.41) is 30.9. The molecule has 212 valence electrons. The van der Waals surface area contributed by atoms with E-state index in [-0.39, 0.29) is 24.2 Å². The van der Waals surface area contributed by atoms with Crippen molar-refractivity contribution in [3.63, 3.8) is 0 Å². The van der Waals surface area contributed by atoms with E-state index >= 15 is 0 Å². The summed E-state index contributed by atoms with van der Waals surface area (Å²) in [5.41, 5.74) is 1.94. The van der Waals surface area contributed by atoms with Crippen LogP contribution in [-0.2, 0) is 0 Å². The monoisotopic (exact) mass is 564 g/mol. The average molecular weight is 565 g/mol. The zero-order valence-corrected chi connectivity index (χ0v) is 23.5. The van der Waals surface area contributed by atoms with Gasteiger partial charge in [0, 0.05) is 44.8 Å². The molecule has 0 unspecified atom stereocenters. The summed E-state index contributed by atoms with van der Waals surface area (Å²) < 4.78 is 6.05. The van der Waals surface area contributed by atoms with Crippen molar-refractivity contribution in [2.45, 2.75) is 63.2 Å². The third kappa shape index (κ3) is 7.11. The van der Waals surface area contributed by atoms with Gasteiger partial charge in [0.1, 0.15) is 11.8 Å². The SMILES string of the molecule is C=C1CN(c2ccc(C(=O)NC3CCC(Oc4ccc(C#N)c(Cl)c4)CC3)nn2)CC[C@@H]1CN1CCC(O)CC1. The number of piperidine rings is 2. The highest BCUT2D eigenvalue weighted by Crippen LogP contribution is 2.28. The van der Waals surface area contributed by atoms with Crippen molar-refractivity contribution < 1.29 is 14.6 Å². The third-order valence-corrected chi connectivity index (χ3v) is 8.65. The minimum absolute atomic E-state index is 0.0443. The second-order valence-electron chi connectivity index (χ2n) is 11.2. The highest BCUT2D eigenvalue weighted by Gasteiger charge is 2.28. The number of ether oxygens (including phenoxy) is 1. The van der Waals surface area contributed by atoms with E-state index in [2.05, 4.69) is 31.9 Å². The number of aromatic nitrogens is 2. The Bertz CT molecular complexity index is 1230. The molecule has 3 heterocycles. The maximum Gasteiger partial charge on any atom is 0.272 e. The molecule has 9 nitrogen and oxygen atoms in total. The first-order valence-electron chi connectivity index (χ1n) is 14.2. The number of rotatable bonds is 7. The first-order chi connectivity index (χ1) is 19.4. The number of halogens is 1. The maximum absolute atomic E-state index is 12.8. The summed E-state index contributed by atoms with van der Waals surface area (Å²) in [6.07, 6.45) is 5.84. The number of benzene rings is 1. The molecule has 0 spiro atoms. The minimum Gasteiger partial charge on any atom is -0.490 e. The van der Waals surface area contributed by atoms with Gasteiger partial charge >= 0.3 is 0 Å². The zero-order valence-electron chi connectivity index (χ0n) is 22.8. The second-order valence-corrected chi connectivity index (χ2v) is 11.6. The Morgan fingerprint density at radius 3 is 2.52 bits per heavy atom. The van der Waals surface area contributed by atoms with Crippen molar-refractivity contribution in [2.75, 3.05) is 37.6 Å². The van der Waals surface area contributed by atoms with E-state index in [1.54, 1.807) is 24.3 Å². The summed E-state index contributed by atoms with van der Waals surface area (Å²) in [6.45, 7) is 8.86. The molecule has 3 aliphatic rings. The maximum atomic E-state index is 12.8. The van der Waals surface area contributed by atoms with Crippen LogP contribution in [0.5, 0.6) is 5.75 Å². The van der Waals surface area contributed by atoms with Crippen molar-refractivity contribution in [1.29, 1.82) is 5.26 Å². The van der Waals surface area contributed by atoms with Gasteiger partial charge in [0.15, 0.2) is 11.5 Å². The Morgan fingerprint density at radius 2 is 1.88 bits per heavy atom. The molecule has 10 heteroatoms. The predicted molar refractivity (Wildman–Crippen MR) is 153 cm³/mol. The summed E-state index contributed by atoms with van der Waals surface area (Å²) in [5.74, 6) is 1.66. The fourth-order valence-corrected chi connectivity index (χ4v) is 6.06. The van der Waals surface area contributed by atoms with E-state index in [0.717, 1.165) is 83.5 Å². The van der Waals surface area contributed by atoms with Crippen molar-refractivity contribution >= 4 is 23.3 Å². The Kier molecular flexibility index (Phi) is 9.20. The fourth-order valence-electron chi connectivity index (χ4n) is 5.85. The Balaban J connectivity index is 1.06. The lowest BCUT2D eigenvalue weighted by Gasteiger charge is -2.38. The summed E-state index contributed by atoms with van der Waals surface area (Å²) in [7, 11) is 0. The van der Waals surface area contributed by atoms with Crippen LogP contribution in [0.3, 0.4) is 0 Å². The number of carbonyl (C=O) groups is 1. The molecule has 1 aromatic carbocycles. The van der Waals surface area contributed by atoms with E-state index in [1.165, 1.54) is 5.57 Å². The smallest absolute Gasteiger partial charge is 0.272 e. The van der Waals surface area contributed by atoms with E-state index in [0.29, 0.717) is 27.9 Å². The molecule has 40 heavy (non-hydrogen) atoms. The van der Waals surface area contributed by atoms with E-state index in [9.17, 15) is 9.90 Å². The van der Waals surface area contributed by atoms with Crippen LogP contribution < -0.4 is 15.0 Å². The van der Waals surface area contributed by atoms with Crippen LogP contribution in [0, 0.1) is 17.2 Å². The Labute approximate surface area is 240 Å². The topological polar surface area (TPSA) is 115 Å². The molecule has 0 radical (unpaired) electrons. The number of likely N-dealkylation sites (tertiary alicyclic amines) is 1. The summed E-state index contributed by atoms with van der Waals surface area (Å²) >= 11 is 6.11. The number of aliphatic hydroxyl groups excluding tert-OH is 1. The molecule has 2 N–H and O–H groups in total. The van der Waals surface area contributed by atoms with Gasteiger partial charge < -0.3 is 25.0 Å². The van der Waals surface area contributed by atoms with Crippen LogP contribution in [0.25, 0.3) is 0 Å². The molecule has 1 amide bonds. The molecule has 3 fully saturated rings. The molecule has 1 atom stereocenters. The van der Waals surface area contributed by atoms with E-state index < -0.39 is 0 Å². The predicted octanol–water partition coefficient (Wildman–Crippen LogP) is 3.96. The number of aliphatic hydroxyl groups is 1. The highest BCUT2D eigenvalue weighted by atomic mass is 35.5. The van der Waals surface area contributed by atoms with Crippen LogP contribution in [0.2, 0.25) is 5.02 Å². The van der Waals surface area contributed by atoms with Gasteiger partial charge in [-0.1, -0.05) is 23.8 Å². The third-order valence-electron chi connectivity index (χ3n) is 8.33. The number of carbonyl (C=O) groups excluding carboxylic acids is 1. The van der Waals surface area contributed by atoms with Gasteiger partial charge in [0.05, 0.1) is 22.8 Å². The standard InChI is InChI=1S/C30H37ClN6O3/c1-20-18-37(15-10-22(20)19-36-13-11-24(38)12-14-36)29-9-8-28(34-35-29)30(39)33-23-3-6-25(7-4-23)40-26-5-2-21(17-32)27(31)16-26/h2,5,8-9,16,22-25,38H,1,3-4,6-7,10-15,18-19H2,(H,33,39)/t22-,23?,25?/m1/s1. The quantitative estimate of drug-likeness (QED) is 0.486. The molecule has 2 aliphatic heterocycles. The van der Waals surface area contributed by atoms with Gasteiger partial charge in [-0.15, -0.1) is 10.2 Å². The van der Waals surface area contributed by atoms with Gasteiger partial charge in [0.25, 0.3) is 5.91 Å². The van der Waals surface area contributed by atoms with Crippen molar-refractivity contribution in [1.82, 2.24) is 20.4 Å². The molecule has 1 aliphatic carbocycles. The van der Waals surface area contributed by atoms with Crippen molar-refractivity contribution in [2.24, 2.45) is 5.92 Å². The Morgan fingerprint density at radius 1 is 1.10 bits per heavy atom. The average Bonchev–Trinajstić information content (AvgIpc) is 2.96. The van der Waals surface area contributed by atoms with Crippen molar-refractivity contribution in [3.8, 4) is 11.8 Å². The van der Waals surface area contributed by atoms with Gasteiger partial charge in [-0.2, -0.15) is 5.26 Å². The number of nitriles is 1. The molecule has 1 aromatic heterocycles. The fraction of sp³-hybridized carbons (Fsp3) is 0.533. The molecule has 2 saturated heterocycles. The number of amides is 1. The minimum atomic E-state index is -0.211. The summed E-state index contributed by atoms with van der Waals surface area (Å²) in [4.78, 5) is 17.5. The normalized spacial score (nSPS) is 24.4. The van der Waals surface area contributed by atoms with Crippen LogP contribution in [0.15, 0.2) is 42.5 Å². The largest absolute Gasteiger partial charge is 0.490 e. The molecular formula is C30H37ClN6O3. The van der Waals surface area contributed by atoms with Gasteiger partial charge in [0.2, 0.25) is 0 Å². The van der Waals surface area contributed by atoms with Crippen LogP contribution in [-0.4, -0.2) is 77.1 Å². The van der Waals surface area contributed by atoms with Gasteiger partial charge in [-0.05, 0) is 75.1 Å². The van der Waals surface area contributed by atoms with Crippen LogP contribution in [0.1, 0.15) is 61.0 Å². The molecule has 0 bridgehead atoms. The molecule has 2 aromatic rings. The van der Waals surface area contributed by atoms with Gasteiger partial charge in [-0.3, -0.25) is 4.79 Å². The molecule has 1 saturated carbocycles. The zero-order chi connectivity index (χ0) is 28.1. The first kappa shape index (κ1) is 28.3. The number of hydrogen-bond donors (Lipinski definition) is 2. The first-order valence-corrected chi connectivity index (χ1v) is 14.6.